The second kappa shape index (κ2) is 6.20. The van der Waals surface area contributed by atoms with E-state index in [1.54, 1.807) is 0 Å². The largest absolute Gasteiger partial charge is 0.342 e. The van der Waals surface area contributed by atoms with E-state index < -0.39 is 0 Å². The molecule has 2 N–H and O–H groups in total. The number of rotatable bonds is 4. The molecule has 4 nitrogen and oxygen atoms in total. The fourth-order valence-electron chi connectivity index (χ4n) is 2.50. The first kappa shape index (κ1) is 15.2. The number of nitrogens with zero attached hydrogens (tertiary/aromatic N) is 1. The molecule has 5 heteroatoms. The van der Waals surface area contributed by atoms with Crippen LogP contribution in [0.25, 0.3) is 11.0 Å². The minimum atomic E-state index is -0.362. The van der Waals surface area contributed by atoms with Gasteiger partial charge in [0.1, 0.15) is 11.6 Å². The number of halogens is 1. The number of para-hydroxylation sites is 2. The van der Waals surface area contributed by atoms with E-state index in [4.69, 9.17) is 0 Å². The third-order valence-electron chi connectivity index (χ3n) is 3.76. The van der Waals surface area contributed by atoms with Gasteiger partial charge in [-0.05, 0) is 42.3 Å². The predicted molar refractivity (Wildman–Crippen MR) is 87.5 cm³/mol. The van der Waals surface area contributed by atoms with Gasteiger partial charge in [0.05, 0.1) is 17.1 Å². The lowest BCUT2D eigenvalue weighted by atomic mass is 10.0. The van der Waals surface area contributed by atoms with Crippen LogP contribution < -0.4 is 5.32 Å². The van der Waals surface area contributed by atoms with Gasteiger partial charge in [-0.25, -0.2) is 9.37 Å². The van der Waals surface area contributed by atoms with Crippen LogP contribution in [0.2, 0.25) is 0 Å². The maximum absolute atomic E-state index is 13.0. The molecule has 118 valence electrons. The second-order valence-electron chi connectivity index (χ2n) is 5.84. The number of amides is 1. The second-order valence-corrected chi connectivity index (χ2v) is 5.84. The lowest BCUT2D eigenvalue weighted by Gasteiger charge is -2.20. The zero-order valence-corrected chi connectivity index (χ0v) is 13.0. The Morgan fingerprint density at radius 2 is 1.83 bits per heavy atom. The summed E-state index contributed by atoms with van der Waals surface area (Å²) in [6, 6.07) is 13.0. The Morgan fingerprint density at radius 1 is 1.13 bits per heavy atom. The van der Waals surface area contributed by atoms with Crippen LogP contribution in [0.5, 0.6) is 0 Å². The van der Waals surface area contributed by atoms with Gasteiger partial charge in [-0.2, -0.15) is 0 Å². The van der Waals surface area contributed by atoms with Crippen LogP contribution >= 0.6 is 0 Å². The third-order valence-corrected chi connectivity index (χ3v) is 3.76. The van der Waals surface area contributed by atoms with Crippen molar-refractivity contribution < 1.29 is 9.18 Å². The van der Waals surface area contributed by atoms with Crippen LogP contribution in [0.1, 0.15) is 36.1 Å². The van der Waals surface area contributed by atoms with Gasteiger partial charge in [0.15, 0.2) is 0 Å². The number of nitrogens with one attached hydrogen (secondary N) is 2. The number of fused-ring (bicyclic) bond motifs is 1. The summed E-state index contributed by atoms with van der Waals surface area (Å²) >= 11 is 0. The SMILES string of the molecule is CC(C)[C@H](NC(=O)c1ccc(F)cc1)c1nc2ccccc2[nH]1. The first-order valence-corrected chi connectivity index (χ1v) is 7.55. The van der Waals surface area contributed by atoms with Crippen molar-refractivity contribution in [3.63, 3.8) is 0 Å². The molecule has 0 bridgehead atoms. The number of imidazole rings is 1. The number of benzene rings is 2. The molecule has 23 heavy (non-hydrogen) atoms. The molecule has 0 saturated carbocycles. The van der Waals surface area contributed by atoms with Gasteiger partial charge in [-0.15, -0.1) is 0 Å². The molecule has 1 heterocycles. The minimum Gasteiger partial charge on any atom is -0.342 e. The van der Waals surface area contributed by atoms with E-state index in [1.807, 2.05) is 38.1 Å². The molecule has 0 fully saturated rings. The Balaban J connectivity index is 1.86. The summed E-state index contributed by atoms with van der Waals surface area (Å²) in [5.74, 6) is 0.264. The summed E-state index contributed by atoms with van der Waals surface area (Å²) in [5.41, 5.74) is 2.22. The summed E-state index contributed by atoms with van der Waals surface area (Å²) in [6.07, 6.45) is 0. The molecular weight excluding hydrogens is 293 g/mol. The van der Waals surface area contributed by atoms with Gasteiger partial charge in [-0.3, -0.25) is 4.79 Å². The van der Waals surface area contributed by atoms with Gasteiger partial charge in [0, 0.05) is 5.56 Å². The van der Waals surface area contributed by atoms with Crippen molar-refractivity contribution in [2.75, 3.05) is 0 Å². The first-order chi connectivity index (χ1) is 11.0. The van der Waals surface area contributed by atoms with Crippen LogP contribution in [-0.2, 0) is 0 Å². The van der Waals surface area contributed by atoms with Crippen molar-refractivity contribution in [2.45, 2.75) is 19.9 Å². The van der Waals surface area contributed by atoms with Crippen molar-refractivity contribution >= 4 is 16.9 Å². The Morgan fingerprint density at radius 3 is 2.48 bits per heavy atom. The fourth-order valence-corrected chi connectivity index (χ4v) is 2.50. The molecule has 2 aromatic carbocycles. The predicted octanol–water partition coefficient (Wildman–Crippen LogP) is 3.83. The zero-order valence-electron chi connectivity index (χ0n) is 13.0. The maximum atomic E-state index is 13.0. The number of aromatic nitrogens is 2. The molecule has 0 saturated heterocycles. The van der Waals surface area contributed by atoms with E-state index >= 15 is 0 Å². The van der Waals surface area contributed by atoms with E-state index in [1.165, 1.54) is 24.3 Å². The van der Waals surface area contributed by atoms with E-state index in [-0.39, 0.29) is 23.7 Å². The molecule has 0 unspecified atom stereocenters. The van der Waals surface area contributed by atoms with Crippen LogP contribution in [0.3, 0.4) is 0 Å². The lowest BCUT2D eigenvalue weighted by molar-refractivity contribution is 0.0923. The Hall–Kier alpha value is -2.69. The quantitative estimate of drug-likeness (QED) is 0.769. The van der Waals surface area contributed by atoms with Crippen LogP contribution in [0.15, 0.2) is 48.5 Å². The smallest absolute Gasteiger partial charge is 0.251 e. The average Bonchev–Trinajstić information content (AvgIpc) is 2.96. The summed E-state index contributed by atoms with van der Waals surface area (Å²) in [7, 11) is 0. The molecule has 1 aromatic heterocycles. The zero-order chi connectivity index (χ0) is 16.4. The van der Waals surface area contributed by atoms with Crippen molar-refractivity contribution in [1.29, 1.82) is 0 Å². The monoisotopic (exact) mass is 311 g/mol. The van der Waals surface area contributed by atoms with Crippen LogP contribution in [-0.4, -0.2) is 15.9 Å². The molecule has 0 aliphatic rings. The average molecular weight is 311 g/mol. The molecule has 0 radical (unpaired) electrons. The minimum absolute atomic E-state index is 0.153. The molecular formula is C18H18FN3O. The van der Waals surface area contributed by atoms with Crippen molar-refractivity contribution in [2.24, 2.45) is 5.92 Å². The number of aromatic amines is 1. The number of H-pyrrole nitrogens is 1. The topological polar surface area (TPSA) is 57.8 Å². The molecule has 1 amide bonds. The van der Waals surface area contributed by atoms with E-state index in [0.717, 1.165) is 16.9 Å². The highest BCUT2D eigenvalue weighted by atomic mass is 19.1. The maximum Gasteiger partial charge on any atom is 0.251 e. The molecule has 0 spiro atoms. The summed E-state index contributed by atoms with van der Waals surface area (Å²) < 4.78 is 13.0. The van der Waals surface area contributed by atoms with Gasteiger partial charge in [-0.1, -0.05) is 26.0 Å². The number of carbonyl (C=O) groups excluding carboxylic acids is 1. The van der Waals surface area contributed by atoms with Crippen molar-refractivity contribution in [3.05, 3.63) is 65.7 Å². The Labute approximate surface area is 133 Å². The molecule has 0 aliphatic carbocycles. The highest BCUT2D eigenvalue weighted by molar-refractivity contribution is 5.94. The summed E-state index contributed by atoms with van der Waals surface area (Å²) in [6.45, 7) is 4.03. The number of carbonyl (C=O) groups is 1. The van der Waals surface area contributed by atoms with E-state index in [9.17, 15) is 9.18 Å². The van der Waals surface area contributed by atoms with E-state index in [0.29, 0.717) is 5.56 Å². The van der Waals surface area contributed by atoms with Crippen LogP contribution in [0.4, 0.5) is 4.39 Å². The normalized spacial score (nSPS) is 12.5. The van der Waals surface area contributed by atoms with Crippen LogP contribution in [0, 0.1) is 11.7 Å². The van der Waals surface area contributed by atoms with E-state index in [2.05, 4.69) is 15.3 Å². The molecule has 3 rings (SSSR count). The number of hydrogen-bond acceptors (Lipinski definition) is 2. The molecule has 3 aromatic rings. The standard InChI is InChI=1S/C18H18FN3O/c1-11(2)16(17-20-14-5-3-4-6-15(14)21-17)22-18(23)12-7-9-13(19)10-8-12/h3-11,16H,1-2H3,(H,20,21)(H,22,23)/t16-/m0/s1. The Bertz CT molecular complexity index is 791. The van der Waals surface area contributed by atoms with Gasteiger partial charge in [0.2, 0.25) is 0 Å². The van der Waals surface area contributed by atoms with Crippen molar-refractivity contribution in [3.8, 4) is 0 Å². The van der Waals surface area contributed by atoms with Gasteiger partial charge >= 0.3 is 0 Å². The fraction of sp³-hybridized carbons (Fsp3) is 0.222. The third kappa shape index (κ3) is 3.23. The summed E-state index contributed by atoms with van der Waals surface area (Å²) in [5, 5.41) is 2.97. The van der Waals surface area contributed by atoms with Gasteiger partial charge in [0.25, 0.3) is 5.91 Å². The molecule has 1 atom stereocenters. The highest BCUT2D eigenvalue weighted by Gasteiger charge is 2.22. The lowest BCUT2D eigenvalue weighted by Crippen LogP contribution is -2.32. The summed E-state index contributed by atoms with van der Waals surface area (Å²) in [4.78, 5) is 20.2. The Kier molecular flexibility index (Phi) is 4.10. The highest BCUT2D eigenvalue weighted by Crippen LogP contribution is 2.22. The van der Waals surface area contributed by atoms with Gasteiger partial charge < -0.3 is 10.3 Å². The first-order valence-electron chi connectivity index (χ1n) is 7.55. The molecule has 0 aliphatic heterocycles. The van der Waals surface area contributed by atoms with Crippen molar-refractivity contribution in [1.82, 2.24) is 15.3 Å². The number of hydrogen-bond donors (Lipinski definition) is 2.